The number of hydrogen-bond acceptors (Lipinski definition) is 5. The topological polar surface area (TPSA) is 101 Å². The molecule has 0 aromatic rings. The molecule has 0 aromatic heterocycles. The second-order valence-corrected chi connectivity index (χ2v) is 11.0. The molecule has 5 heteroatoms. The van der Waals surface area contributed by atoms with Gasteiger partial charge in [-0.1, -0.05) is 122 Å². The van der Waals surface area contributed by atoms with Gasteiger partial charge in [0.25, 0.3) is 0 Å². The largest absolute Gasteiger partial charge is 0.396 e. The van der Waals surface area contributed by atoms with Crippen LogP contribution < -0.4 is 0 Å². The predicted octanol–water partition coefficient (Wildman–Crippen LogP) is 7.36. The molecule has 5 N–H and O–H groups in total. The van der Waals surface area contributed by atoms with E-state index in [1.165, 1.54) is 64.2 Å². The fourth-order valence-electron chi connectivity index (χ4n) is 5.14. The number of aliphatic hydroxyl groups is 5. The van der Waals surface area contributed by atoms with Crippen molar-refractivity contribution < 1.29 is 25.5 Å². The smallest absolute Gasteiger partial charge is 0.165 e. The molecule has 0 aliphatic rings. The molecule has 0 aromatic carbocycles. The van der Waals surface area contributed by atoms with Crippen molar-refractivity contribution in [2.75, 3.05) is 6.61 Å². The second-order valence-electron chi connectivity index (χ2n) is 11.0. The van der Waals surface area contributed by atoms with E-state index in [-0.39, 0.29) is 5.92 Å². The zero-order valence-electron chi connectivity index (χ0n) is 23.3. The lowest BCUT2D eigenvalue weighted by Crippen LogP contribution is -2.37. The molecule has 35 heavy (non-hydrogen) atoms. The minimum atomic E-state index is -1.53. The Morgan fingerprint density at radius 3 is 1.29 bits per heavy atom. The molecule has 1 atom stereocenters. The van der Waals surface area contributed by atoms with Gasteiger partial charge in [0.05, 0.1) is 0 Å². The van der Waals surface area contributed by atoms with Gasteiger partial charge in [-0.25, -0.2) is 0 Å². The molecule has 5 nitrogen and oxygen atoms in total. The van der Waals surface area contributed by atoms with Gasteiger partial charge in [0.15, 0.2) is 12.1 Å². The van der Waals surface area contributed by atoms with E-state index >= 15 is 0 Å². The van der Waals surface area contributed by atoms with Crippen LogP contribution >= 0.6 is 0 Å². The molecule has 1 unspecified atom stereocenters. The van der Waals surface area contributed by atoms with Gasteiger partial charge in [0.2, 0.25) is 0 Å². The van der Waals surface area contributed by atoms with Crippen molar-refractivity contribution in [2.24, 2.45) is 5.92 Å². The number of aliphatic hydroxyl groups excluding tert-OH is 2. The van der Waals surface area contributed by atoms with Crippen LogP contribution in [0.1, 0.15) is 167 Å². The van der Waals surface area contributed by atoms with Crippen LogP contribution in [0.4, 0.5) is 0 Å². The van der Waals surface area contributed by atoms with Gasteiger partial charge in [-0.15, -0.1) is 0 Å². The SMILES string of the molecule is CCCCCCC(CCCCCCCCCCCCO)C(O)(O)CCCCCCCCCC(O)O. The van der Waals surface area contributed by atoms with Crippen LogP contribution in [0.5, 0.6) is 0 Å². The zero-order chi connectivity index (χ0) is 26.0. The summed E-state index contributed by atoms with van der Waals surface area (Å²) in [5.41, 5.74) is 0. The fraction of sp³-hybridized carbons (Fsp3) is 1.00. The second kappa shape index (κ2) is 25.4. The van der Waals surface area contributed by atoms with E-state index in [0.717, 1.165) is 83.5 Å². The Kier molecular flexibility index (Phi) is 25.3. The maximum atomic E-state index is 10.9. The van der Waals surface area contributed by atoms with Gasteiger partial charge in [-0.2, -0.15) is 0 Å². The molecule has 212 valence electrons. The predicted molar refractivity (Wildman–Crippen MR) is 147 cm³/mol. The van der Waals surface area contributed by atoms with Crippen LogP contribution in [0, 0.1) is 5.92 Å². The summed E-state index contributed by atoms with van der Waals surface area (Å²) in [7, 11) is 0. The highest BCUT2D eigenvalue weighted by atomic mass is 16.5. The lowest BCUT2D eigenvalue weighted by Gasteiger charge is -2.32. The lowest BCUT2D eigenvalue weighted by atomic mass is 9.84. The average molecular weight is 503 g/mol. The Morgan fingerprint density at radius 1 is 0.486 bits per heavy atom. The van der Waals surface area contributed by atoms with E-state index in [4.69, 9.17) is 15.3 Å². The molecule has 0 radical (unpaired) electrons. The number of hydrogen-bond donors (Lipinski definition) is 5. The number of rotatable bonds is 28. The molecular weight excluding hydrogens is 440 g/mol. The molecule has 0 spiro atoms. The van der Waals surface area contributed by atoms with Crippen molar-refractivity contribution in [3.05, 3.63) is 0 Å². The summed E-state index contributed by atoms with van der Waals surface area (Å²) in [6.45, 7) is 2.54. The highest BCUT2D eigenvalue weighted by molar-refractivity contribution is 4.76. The monoisotopic (exact) mass is 502 g/mol. The summed E-state index contributed by atoms with van der Waals surface area (Å²) in [6.07, 6.45) is 25.5. The fourth-order valence-corrected chi connectivity index (χ4v) is 5.14. The normalized spacial score (nSPS) is 13.1. The molecule has 0 amide bonds. The average Bonchev–Trinajstić information content (AvgIpc) is 2.82. The Bertz CT molecular complexity index is 414. The van der Waals surface area contributed by atoms with Crippen LogP contribution in [0.2, 0.25) is 0 Å². The molecule has 0 saturated carbocycles. The summed E-state index contributed by atoms with van der Waals surface area (Å²) in [4.78, 5) is 0. The van der Waals surface area contributed by atoms with Crippen molar-refractivity contribution >= 4 is 0 Å². The minimum Gasteiger partial charge on any atom is -0.396 e. The van der Waals surface area contributed by atoms with E-state index in [9.17, 15) is 10.2 Å². The molecule has 0 aliphatic carbocycles. The van der Waals surface area contributed by atoms with E-state index in [1.807, 2.05) is 0 Å². The van der Waals surface area contributed by atoms with E-state index in [1.54, 1.807) is 0 Å². The molecule has 0 saturated heterocycles. The van der Waals surface area contributed by atoms with Crippen molar-refractivity contribution in [3.63, 3.8) is 0 Å². The van der Waals surface area contributed by atoms with Crippen molar-refractivity contribution in [2.45, 2.75) is 180 Å². The van der Waals surface area contributed by atoms with Crippen molar-refractivity contribution in [3.8, 4) is 0 Å². The first-order valence-corrected chi connectivity index (χ1v) is 15.4. The third-order valence-electron chi connectivity index (χ3n) is 7.53. The van der Waals surface area contributed by atoms with Crippen LogP contribution in [0.25, 0.3) is 0 Å². The lowest BCUT2D eigenvalue weighted by molar-refractivity contribution is -0.209. The van der Waals surface area contributed by atoms with Gasteiger partial charge in [-0.3, -0.25) is 0 Å². The Morgan fingerprint density at radius 2 is 0.857 bits per heavy atom. The molecule has 0 fully saturated rings. The van der Waals surface area contributed by atoms with Gasteiger partial charge < -0.3 is 25.5 Å². The maximum absolute atomic E-state index is 10.9. The molecular formula is C30H62O5. The Hall–Kier alpha value is -0.200. The summed E-state index contributed by atoms with van der Waals surface area (Å²) in [5.74, 6) is -1.53. The Labute approximate surface area is 217 Å². The number of unbranched alkanes of at least 4 members (excludes halogenated alkanes) is 18. The van der Waals surface area contributed by atoms with Crippen LogP contribution in [0.15, 0.2) is 0 Å². The third-order valence-corrected chi connectivity index (χ3v) is 7.53. The van der Waals surface area contributed by atoms with Crippen LogP contribution in [-0.4, -0.2) is 44.2 Å². The van der Waals surface area contributed by atoms with Gasteiger partial charge >= 0.3 is 0 Å². The molecule has 0 bridgehead atoms. The van der Waals surface area contributed by atoms with Gasteiger partial charge in [-0.05, 0) is 38.5 Å². The summed E-state index contributed by atoms with van der Waals surface area (Å²) in [5, 5.41) is 48.4. The zero-order valence-corrected chi connectivity index (χ0v) is 23.3. The minimum absolute atomic E-state index is 0.00390. The highest BCUT2D eigenvalue weighted by Crippen LogP contribution is 2.31. The summed E-state index contributed by atoms with van der Waals surface area (Å²) >= 11 is 0. The molecule has 0 aliphatic heterocycles. The van der Waals surface area contributed by atoms with Crippen molar-refractivity contribution in [1.29, 1.82) is 0 Å². The van der Waals surface area contributed by atoms with E-state index < -0.39 is 12.1 Å². The van der Waals surface area contributed by atoms with Crippen LogP contribution in [-0.2, 0) is 0 Å². The summed E-state index contributed by atoms with van der Waals surface area (Å²) in [6, 6.07) is 0. The van der Waals surface area contributed by atoms with Gasteiger partial charge in [0, 0.05) is 18.9 Å². The van der Waals surface area contributed by atoms with Gasteiger partial charge in [0.1, 0.15) is 0 Å². The molecule has 0 rings (SSSR count). The third kappa shape index (κ3) is 23.9. The quantitative estimate of drug-likeness (QED) is 0.0568. The molecule has 0 heterocycles. The van der Waals surface area contributed by atoms with E-state index in [2.05, 4.69) is 6.92 Å². The maximum Gasteiger partial charge on any atom is 0.165 e. The van der Waals surface area contributed by atoms with Crippen molar-refractivity contribution in [1.82, 2.24) is 0 Å². The first kappa shape index (κ1) is 34.8. The Balaban J connectivity index is 4.06. The highest BCUT2D eigenvalue weighted by Gasteiger charge is 2.32. The first-order chi connectivity index (χ1) is 16.9. The van der Waals surface area contributed by atoms with Crippen LogP contribution in [0.3, 0.4) is 0 Å². The van der Waals surface area contributed by atoms with E-state index in [0.29, 0.717) is 19.4 Å². The standard InChI is InChI=1S/C30H62O5/c1-2-3-4-18-23-28(24-19-14-10-7-5-6-8-13-17-22-27-31)30(34,35)26-21-16-12-9-11-15-20-25-29(32)33/h28-29,31-35H,2-27H2,1H3. The first-order valence-electron chi connectivity index (χ1n) is 15.4. The summed E-state index contributed by atoms with van der Waals surface area (Å²) < 4.78 is 0.